The summed E-state index contributed by atoms with van der Waals surface area (Å²) < 4.78 is 0. The molecule has 0 atom stereocenters. The van der Waals surface area contributed by atoms with E-state index < -0.39 is 6.16 Å². The van der Waals surface area contributed by atoms with Crippen LogP contribution in [0, 0.1) is 0 Å². The Morgan fingerprint density at radius 2 is 1.43 bits per heavy atom. The molecule has 4 nitrogen and oxygen atoms in total. The van der Waals surface area contributed by atoms with Crippen LogP contribution in [0.2, 0.25) is 0 Å². The summed E-state index contributed by atoms with van der Waals surface area (Å²) in [4.78, 5) is 8.56. The molecule has 0 bridgehead atoms. The van der Waals surface area contributed by atoms with Crippen LogP contribution in [0.4, 0.5) is 4.79 Å². The van der Waals surface area contributed by atoms with E-state index in [2.05, 4.69) is 0 Å². The van der Waals surface area contributed by atoms with Gasteiger partial charge in [-0.3, -0.25) is 0 Å². The molecular formula is CH7NaO4Pb. The van der Waals surface area contributed by atoms with Gasteiger partial charge in [0, 0.05) is 0 Å². The molecule has 6 heteroatoms. The Morgan fingerprint density at radius 3 is 1.43 bits per heavy atom. The molecule has 0 amide bonds. The number of hydrogen-bond acceptors (Lipinski definition) is 1. The van der Waals surface area contributed by atoms with E-state index in [0.717, 1.165) is 0 Å². The van der Waals surface area contributed by atoms with Gasteiger partial charge in [0.2, 0.25) is 0 Å². The van der Waals surface area contributed by atoms with Gasteiger partial charge in [-0.2, -0.15) is 0 Å². The average Bonchev–Trinajstić information content (AvgIpc) is 0.811. The van der Waals surface area contributed by atoms with Crippen molar-refractivity contribution < 1.29 is 51.5 Å². The van der Waals surface area contributed by atoms with E-state index >= 15 is 0 Å². The van der Waals surface area contributed by atoms with Crippen LogP contribution in [-0.2, 0) is 0 Å². The molecule has 7 heavy (non-hydrogen) atoms. The van der Waals surface area contributed by atoms with Gasteiger partial charge in [-0.15, -0.1) is 0 Å². The summed E-state index contributed by atoms with van der Waals surface area (Å²) in [7, 11) is 0. The fourth-order valence-corrected chi connectivity index (χ4v) is 0. The van der Waals surface area contributed by atoms with Gasteiger partial charge in [-0.25, -0.2) is 4.79 Å². The minimum atomic E-state index is -1.83. The van der Waals surface area contributed by atoms with E-state index in [9.17, 15) is 0 Å². The van der Waals surface area contributed by atoms with Crippen molar-refractivity contribution in [2.75, 3.05) is 0 Å². The third-order valence-electron chi connectivity index (χ3n) is 0. The second kappa shape index (κ2) is 15.7. The molecule has 0 aromatic heterocycles. The number of carboxylic acid groups (broad SMARTS) is 2. The Morgan fingerprint density at radius 1 is 1.43 bits per heavy atom. The van der Waals surface area contributed by atoms with Crippen LogP contribution in [0.5, 0.6) is 0 Å². The Hall–Kier alpha value is 1.15. The number of carbonyl (C=O) groups is 1. The van der Waals surface area contributed by atoms with E-state index in [-0.39, 0.29) is 63.8 Å². The second-order valence-corrected chi connectivity index (χ2v) is 0.283. The van der Waals surface area contributed by atoms with Crippen LogP contribution < -0.4 is 29.6 Å². The summed E-state index contributed by atoms with van der Waals surface area (Å²) in [5, 5.41) is 13.9. The van der Waals surface area contributed by atoms with Crippen molar-refractivity contribution in [2.24, 2.45) is 0 Å². The Bertz CT molecular complexity index is 39.0. The molecule has 0 aliphatic heterocycles. The van der Waals surface area contributed by atoms with Crippen molar-refractivity contribution in [3.05, 3.63) is 0 Å². The summed E-state index contributed by atoms with van der Waals surface area (Å²) in [6.45, 7) is 0. The first-order chi connectivity index (χ1) is 1.73. The second-order valence-electron chi connectivity index (χ2n) is 0.283. The monoisotopic (exact) mass is 314 g/mol. The first kappa shape index (κ1) is 24.2. The molecule has 0 saturated carbocycles. The van der Waals surface area contributed by atoms with Crippen molar-refractivity contribution in [3.63, 3.8) is 0 Å². The first-order valence-corrected chi connectivity index (χ1v) is 0.651. The topological polar surface area (TPSA) is 89.0 Å². The van der Waals surface area contributed by atoms with Crippen molar-refractivity contribution in [1.82, 2.24) is 0 Å². The molecule has 4 N–H and O–H groups in total. The maximum atomic E-state index is 8.56. The van der Waals surface area contributed by atoms with Crippen LogP contribution in [0.1, 0.15) is 1.43 Å². The molecule has 0 aromatic carbocycles. The zero-order valence-electron chi connectivity index (χ0n) is 5.01. The normalized spacial score (nSPS) is 3.43. The van der Waals surface area contributed by atoms with Crippen molar-refractivity contribution >= 4 is 33.5 Å². The van der Waals surface area contributed by atoms with Gasteiger partial charge in [0.15, 0.2) is 0 Å². The van der Waals surface area contributed by atoms with Crippen LogP contribution in [0.15, 0.2) is 0 Å². The van der Waals surface area contributed by atoms with Crippen molar-refractivity contribution in [3.8, 4) is 0 Å². The molecule has 0 aromatic rings. The van der Waals surface area contributed by atoms with Gasteiger partial charge >= 0.3 is 63.0 Å². The molecule has 2 radical (unpaired) electrons. The molecule has 0 heterocycles. The number of hydrogen-bond donors (Lipinski definition) is 2. The zero-order valence-corrected chi connectivity index (χ0v) is 11.5. The predicted molar refractivity (Wildman–Crippen MR) is 23.9 cm³/mol. The average molecular weight is 313 g/mol. The molecule has 0 rings (SSSR count). The third-order valence-corrected chi connectivity index (χ3v) is 0. The summed E-state index contributed by atoms with van der Waals surface area (Å²) >= 11 is 0. The van der Waals surface area contributed by atoms with E-state index in [1.807, 2.05) is 0 Å². The standard InChI is InChI=1S/CH2O3.Na.H2O.Pb.3H/c2-1(3)4;;;;;;/h(H2,2,3,4);;1H2;;;;/q;+1;;;;;-1. The molecule has 0 fully saturated rings. The van der Waals surface area contributed by atoms with Gasteiger partial charge < -0.3 is 17.1 Å². The molecule has 0 saturated heterocycles. The Kier molecular flexibility index (Phi) is 54.3. The fraction of sp³-hybridized carbons (Fsp3) is 0. The van der Waals surface area contributed by atoms with E-state index in [1.54, 1.807) is 0 Å². The van der Waals surface area contributed by atoms with Gasteiger partial charge in [-0.1, -0.05) is 0 Å². The number of rotatable bonds is 0. The van der Waals surface area contributed by atoms with Crippen molar-refractivity contribution in [1.29, 1.82) is 0 Å². The molecular weight excluding hydrogens is 306 g/mol. The molecule has 0 aliphatic carbocycles. The van der Waals surface area contributed by atoms with Gasteiger partial charge in [-0.05, 0) is 0 Å². The van der Waals surface area contributed by atoms with E-state index in [0.29, 0.717) is 0 Å². The van der Waals surface area contributed by atoms with Gasteiger partial charge in [0.05, 0.1) is 0 Å². The van der Waals surface area contributed by atoms with Crippen LogP contribution >= 0.6 is 0 Å². The van der Waals surface area contributed by atoms with Crippen LogP contribution in [-0.4, -0.2) is 49.1 Å². The first-order valence-electron chi connectivity index (χ1n) is 0.651. The van der Waals surface area contributed by atoms with E-state index in [1.165, 1.54) is 0 Å². The van der Waals surface area contributed by atoms with Gasteiger partial charge in [0.1, 0.15) is 0 Å². The minimum absolute atomic E-state index is 0. The van der Waals surface area contributed by atoms with Crippen molar-refractivity contribution in [2.45, 2.75) is 0 Å². The quantitative estimate of drug-likeness (QED) is 0.443. The molecule has 40 valence electrons. The maximum absolute atomic E-state index is 8.56. The zero-order chi connectivity index (χ0) is 3.58. The van der Waals surface area contributed by atoms with E-state index in [4.69, 9.17) is 15.0 Å². The summed E-state index contributed by atoms with van der Waals surface area (Å²) in [6.07, 6.45) is -1.83. The SMILES string of the molecule is O.O=C(O)O.[H-].[Na+].[PbH2]. The molecule has 0 aliphatic rings. The summed E-state index contributed by atoms with van der Waals surface area (Å²) in [6, 6.07) is 0. The fourth-order valence-electron chi connectivity index (χ4n) is 0. The molecule has 0 spiro atoms. The molecule has 0 unspecified atom stereocenters. The van der Waals surface area contributed by atoms with Crippen LogP contribution in [0.25, 0.3) is 0 Å². The Labute approximate surface area is 84.2 Å². The predicted octanol–water partition coefficient (Wildman–Crippen LogP) is -4.40. The van der Waals surface area contributed by atoms with Crippen LogP contribution in [0.3, 0.4) is 0 Å². The summed E-state index contributed by atoms with van der Waals surface area (Å²) in [5.41, 5.74) is 0. The third kappa shape index (κ3) is 143. The Balaban J connectivity index is -0.00000000750. The summed E-state index contributed by atoms with van der Waals surface area (Å²) in [5.74, 6) is 0. The van der Waals surface area contributed by atoms with Gasteiger partial charge in [0.25, 0.3) is 0 Å².